The quantitative estimate of drug-likeness (QED) is 0.748. The summed E-state index contributed by atoms with van der Waals surface area (Å²) in [6, 6.07) is 13.4. The number of carbonyl (C=O) groups excluding carboxylic acids is 2. The maximum atomic E-state index is 13.0. The number of imide groups is 1. The molecule has 1 saturated heterocycles. The van der Waals surface area contributed by atoms with Crippen molar-refractivity contribution in [3.05, 3.63) is 64.1 Å². The largest absolute Gasteiger partial charge is 0.492 e. The van der Waals surface area contributed by atoms with Crippen molar-refractivity contribution in [2.45, 2.75) is 18.9 Å². The second-order valence-electron chi connectivity index (χ2n) is 5.96. The molecule has 1 fully saturated rings. The lowest BCUT2D eigenvalue weighted by atomic mass is 9.87. The first-order chi connectivity index (χ1) is 12.5. The molecule has 1 unspecified atom stereocenters. The zero-order valence-corrected chi connectivity index (χ0v) is 15.7. The number of ether oxygens (including phenoxy) is 1. The zero-order valence-electron chi connectivity index (χ0n) is 14.2. The van der Waals surface area contributed by atoms with Crippen molar-refractivity contribution < 1.29 is 14.3 Å². The number of nitrogens with zero attached hydrogens (tertiary/aromatic N) is 1. The minimum atomic E-state index is -1.07. The Morgan fingerprint density at radius 3 is 2.15 bits per heavy atom. The van der Waals surface area contributed by atoms with E-state index >= 15 is 0 Å². The van der Waals surface area contributed by atoms with E-state index in [9.17, 15) is 9.59 Å². The Labute approximate surface area is 161 Å². The molecule has 1 aliphatic heterocycles. The van der Waals surface area contributed by atoms with E-state index in [-0.39, 0.29) is 19.1 Å². The molecule has 3 amide bonds. The van der Waals surface area contributed by atoms with Crippen molar-refractivity contribution in [1.29, 1.82) is 0 Å². The standard InChI is InChI=1S/C19H18Cl2N2O3/c1-2-19(13-3-5-14(20)6-4-13)17(24)23(18(25)22-19)11-12-26-16-9-7-15(21)8-10-16/h3-10H,2,11-12H2,1H3,(H,22,25). The Balaban J connectivity index is 1.71. The summed E-state index contributed by atoms with van der Waals surface area (Å²) in [7, 11) is 0. The van der Waals surface area contributed by atoms with Crippen molar-refractivity contribution in [3.8, 4) is 5.75 Å². The van der Waals surface area contributed by atoms with Gasteiger partial charge in [-0.05, 0) is 48.4 Å². The van der Waals surface area contributed by atoms with Gasteiger partial charge in [0.1, 0.15) is 17.9 Å². The van der Waals surface area contributed by atoms with Crippen LogP contribution >= 0.6 is 23.2 Å². The van der Waals surface area contributed by atoms with Gasteiger partial charge < -0.3 is 10.1 Å². The van der Waals surface area contributed by atoms with Gasteiger partial charge in [0.2, 0.25) is 0 Å². The van der Waals surface area contributed by atoms with E-state index in [0.29, 0.717) is 27.8 Å². The lowest BCUT2D eigenvalue weighted by Gasteiger charge is -2.25. The summed E-state index contributed by atoms with van der Waals surface area (Å²) in [6.07, 6.45) is 0.438. The van der Waals surface area contributed by atoms with E-state index in [1.54, 1.807) is 48.5 Å². The minimum Gasteiger partial charge on any atom is -0.492 e. The van der Waals surface area contributed by atoms with Gasteiger partial charge in [-0.1, -0.05) is 42.3 Å². The SMILES string of the molecule is CCC1(c2ccc(Cl)cc2)NC(=O)N(CCOc2ccc(Cl)cc2)C1=O. The summed E-state index contributed by atoms with van der Waals surface area (Å²) < 4.78 is 5.59. The number of hydrogen-bond donors (Lipinski definition) is 1. The van der Waals surface area contributed by atoms with Crippen LogP contribution in [0.3, 0.4) is 0 Å². The highest BCUT2D eigenvalue weighted by atomic mass is 35.5. The first kappa shape index (κ1) is 18.5. The monoisotopic (exact) mass is 392 g/mol. The van der Waals surface area contributed by atoms with Gasteiger partial charge in [-0.2, -0.15) is 0 Å². The van der Waals surface area contributed by atoms with Crippen molar-refractivity contribution in [2.24, 2.45) is 0 Å². The molecule has 0 saturated carbocycles. The van der Waals surface area contributed by atoms with Crippen LogP contribution in [-0.2, 0) is 10.3 Å². The smallest absolute Gasteiger partial charge is 0.325 e. The molecular weight excluding hydrogens is 375 g/mol. The van der Waals surface area contributed by atoms with Crippen LogP contribution in [-0.4, -0.2) is 30.0 Å². The molecule has 136 valence electrons. The Bertz CT molecular complexity index is 809. The summed E-state index contributed by atoms with van der Waals surface area (Å²) in [5.41, 5.74) is -0.356. The predicted octanol–water partition coefficient (Wildman–Crippen LogP) is 4.23. The van der Waals surface area contributed by atoms with Crippen molar-refractivity contribution in [1.82, 2.24) is 10.2 Å². The van der Waals surface area contributed by atoms with Gasteiger partial charge in [-0.25, -0.2) is 4.79 Å². The molecule has 1 heterocycles. The molecule has 2 aromatic rings. The second kappa shape index (κ2) is 7.56. The van der Waals surface area contributed by atoms with Crippen LogP contribution in [0.4, 0.5) is 4.79 Å². The van der Waals surface area contributed by atoms with E-state index in [4.69, 9.17) is 27.9 Å². The number of hydrogen-bond acceptors (Lipinski definition) is 3. The van der Waals surface area contributed by atoms with Crippen LogP contribution in [0.15, 0.2) is 48.5 Å². The zero-order chi connectivity index (χ0) is 18.7. The lowest BCUT2D eigenvalue weighted by Crippen LogP contribution is -2.43. The second-order valence-corrected chi connectivity index (χ2v) is 6.83. The Kier molecular flexibility index (Phi) is 5.39. The molecule has 0 bridgehead atoms. The summed E-state index contributed by atoms with van der Waals surface area (Å²) in [4.78, 5) is 26.5. The fourth-order valence-corrected chi connectivity index (χ4v) is 3.24. The van der Waals surface area contributed by atoms with Crippen LogP contribution in [0.1, 0.15) is 18.9 Å². The number of halogens is 2. The fourth-order valence-electron chi connectivity index (χ4n) is 2.99. The predicted molar refractivity (Wildman–Crippen MR) is 101 cm³/mol. The molecule has 0 aromatic heterocycles. The highest BCUT2D eigenvalue weighted by Crippen LogP contribution is 2.33. The van der Waals surface area contributed by atoms with Gasteiger partial charge in [0.05, 0.1) is 6.54 Å². The maximum Gasteiger partial charge on any atom is 0.325 e. The molecule has 7 heteroatoms. The lowest BCUT2D eigenvalue weighted by molar-refractivity contribution is -0.132. The number of nitrogens with one attached hydrogen (secondary N) is 1. The van der Waals surface area contributed by atoms with E-state index in [0.717, 1.165) is 0 Å². The van der Waals surface area contributed by atoms with Crippen LogP contribution in [0.2, 0.25) is 10.0 Å². The van der Waals surface area contributed by atoms with E-state index in [1.807, 2.05) is 6.92 Å². The molecule has 1 aliphatic rings. The first-order valence-corrected chi connectivity index (χ1v) is 9.00. The molecule has 0 radical (unpaired) electrons. The van der Waals surface area contributed by atoms with Gasteiger partial charge in [0.25, 0.3) is 5.91 Å². The van der Waals surface area contributed by atoms with Gasteiger partial charge >= 0.3 is 6.03 Å². The highest BCUT2D eigenvalue weighted by molar-refractivity contribution is 6.30. The van der Waals surface area contributed by atoms with E-state index in [2.05, 4.69) is 5.32 Å². The van der Waals surface area contributed by atoms with Gasteiger partial charge in [0, 0.05) is 10.0 Å². The molecule has 5 nitrogen and oxygen atoms in total. The molecule has 3 rings (SSSR count). The Morgan fingerprint density at radius 2 is 1.58 bits per heavy atom. The van der Waals surface area contributed by atoms with E-state index in [1.165, 1.54) is 4.90 Å². The van der Waals surface area contributed by atoms with Crippen LogP contribution in [0.5, 0.6) is 5.75 Å². The molecule has 0 aliphatic carbocycles. The third-order valence-electron chi connectivity index (χ3n) is 4.44. The summed E-state index contributed by atoms with van der Waals surface area (Å²) in [5, 5.41) is 4.02. The molecule has 1 atom stereocenters. The Morgan fingerprint density at radius 1 is 1.00 bits per heavy atom. The summed E-state index contributed by atoms with van der Waals surface area (Å²) in [5.74, 6) is 0.341. The number of amides is 3. The van der Waals surface area contributed by atoms with Crippen molar-refractivity contribution >= 4 is 35.1 Å². The number of carbonyl (C=O) groups is 2. The summed E-state index contributed by atoms with van der Waals surface area (Å²) >= 11 is 11.8. The number of rotatable bonds is 6. The third-order valence-corrected chi connectivity index (χ3v) is 4.94. The van der Waals surface area contributed by atoms with Crippen molar-refractivity contribution in [3.63, 3.8) is 0 Å². The normalized spacial score (nSPS) is 19.6. The molecule has 2 aromatic carbocycles. The highest BCUT2D eigenvalue weighted by Gasteiger charge is 2.50. The van der Waals surface area contributed by atoms with Gasteiger partial charge in [-0.15, -0.1) is 0 Å². The Hall–Kier alpha value is -2.24. The average Bonchev–Trinajstić information content (AvgIpc) is 2.89. The van der Waals surface area contributed by atoms with Crippen molar-refractivity contribution in [2.75, 3.05) is 13.2 Å². The molecular formula is C19H18Cl2N2O3. The molecule has 1 N–H and O–H groups in total. The molecule has 26 heavy (non-hydrogen) atoms. The average molecular weight is 393 g/mol. The van der Waals surface area contributed by atoms with Crippen LogP contribution in [0.25, 0.3) is 0 Å². The van der Waals surface area contributed by atoms with Gasteiger partial charge in [0.15, 0.2) is 0 Å². The summed E-state index contributed by atoms with van der Waals surface area (Å²) in [6.45, 7) is 2.21. The van der Waals surface area contributed by atoms with E-state index < -0.39 is 11.6 Å². The van der Waals surface area contributed by atoms with Crippen LogP contribution in [0, 0.1) is 0 Å². The topological polar surface area (TPSA) is 58.6 Å². The third kappa shape index (κ3) is 3.50. The first-order valence-electron chi connectivity index (χ1n) is 8.25. The van der Waals surface area contributed by atoms with Crippen LogP contribution < -0.4 is 10.1 Å². The number of urea groups is 1. The molecule has 0 spiro atoms. The minimum absolute atomic E-state index is 0.155. The van der Waals surface area contributed by atoms with Gasteiger partial charge in [-0.3, -0.25) is 9.69 Å². The maximum absolute atomic E-state index is 13.0. The fraction of sp³-hybridized carbons (Fsp3) is 0.263. The number of benzene rings is 2.